The monoisotopic (exact) mass is 715 g/mol. The van der Waals surface area contributed by atoms with Crippen molar-refractivity contribution in [1.29, 1.82) is 0 Å². The number of rotatable bonds is 16. The van der Waals surface area contributed by atoms with E-state index in [2.05, 4.69) is 10.2 Å². The summed E-state index contributed by atoms with van der Waals surface area (Å²) in [6.45, 7) is 6.03. The minimum Gasteiger partial charge on any atom is -0.493 e. The van der Waals surface area contributed by atoms with Gasteiger partial charge >= 0.3 is 5.97 Å². The van der Waals surface area contributed by atoms with Gasteiger partial charge in [0.15, 0.2) is 11.5 Å². The summed E-state index contributed by atoms with van der Waals surface area (Å²) in [5.41, 5.74) is 3.02. The van der Waals surface area contributed by atoms with E-state index in [0.29, 0.717) is 49.3 Å². The van der Waals surface area contributed by atoms with Crippen molar-refractivity contribution in [3.63, 3.8) is 0 Å². The van der Waals surface area contributed by atoms with Gasteiger partial charge in [0.2, 0.25) is 17.6 Å². The van der Waals surface area contributed by atoms with Crippen LogP contribution in [0.4, 0.5) is 10.3 Å². The van der Waals surface area contributed by atoms with Gasteiger partial charge in [0.1, 0.15) is 12.4 Å². The molecule has 11 nitrogen and oxygen atoms in total. The molecule has 278 valence electrons. The molecule has 4 aromatic rings. The van der Waals surface area contributed by atoms with Crippen molar-refractivity contribution >= 4 is 28.9 Å². The number of likely N-dealkylation sites (tertiary alicyclic amines) is 2. The maximum atomic E-state index is 14.3. The molecule has 2 aliphatic rings. The van der Waals surface area contributed by atoms with Gasteiger partial charge in [-0.2, -0.15) is 0 Å². The number of fused-ring (bicyclic) bond motifs is 1. The summed E-state index contributed by atoms with van der Waals surface area (Å²) in [5, 5.41) is 3.61. The third kappa shape index (κ3) is 8.28. The second-order valence-corrected chi connectivity index (χ2v) is 13.8. The number of benzene rings is 3. The molecule has 1 amide bonds. The Kier molecular flexibility index (Phi) is 11.8. The molecule has 52 heavy (non-hydrogen) atoms. The Bertz CT molecular complexity index is 1810. The summed E-state index contributed by atoms with van der Waals surface area (Å²) in [5.74, 6) is 1.86. The number of ether oxygens (including phenoxy) is 4. The summed E-state index contributed by atoms with van der Waals surface area (Å²) >= 11 is 0. The predicted octanol–water partition coefficient (Wildman–Crippen LogP) is 6.08. The van der Waals surface area contributed by atoms with Crippen LogP contribution >= 0.6 is 0 Å². The minimum atomic E-state index is -0.573. The molecule has 6 rings (SSSR count). The SMILES string of the molecule is CCOC(=O)Cn1c(NC2CCN(CCCC3(Cc4ccc(F)cc4)CCN(Cc4cc(OC)c(OC)c(OC)c4)C3=O)CC2)nc2ccccc21. The smallest absolute Gasteiger partial charge is 0.326 e. The van der Waals surface area contributed by atoms with Crippen molar-refractivity contribution in [2.45, 2.75) is 64.6 Å². The standard InChI is InChI=1S/C40H50FN5O6/c1-5-52-36(47)27-46-33-10-7-6-9-32(33)43-39(46)42-31-15-20-44(21-16-31)19-8-17-40(25-28-11-13-30(41)14-12-28)18-22-45(38(40)48)26-29-23-34(49-2)37(51-4)35(24-29)50-3/h6-7,9-14,23-24,31H,5,8,15-22,25-27H2,1-4H3,(H,42,43). The van der Waals surface area contributed by atoms with Crippen molar-refractivity contribution in [1.82, 2.24) is 19.4 Å². The topological polar surface area (TPSA) is 107 Å². The number of carbonyl (C=O) groups is 2. The van der Waals surface area contributed by atoms with E-state index >= 15 is 0 Å². The number of halogens is 1. The summed E-state index contributed by atoms with van der Waals surface area (Å²) < 4.78 is 37.6. The van der Waals surface area contributed by atoms with Crippen molar-refractivity contribution in [2.24, 2.45) is 5.41 Å². The van der Waals surface area contributed by atoms with Gasteiger partial charge in [-0.1, -0.05) is 24.3 Å². The fourth-order valence-corrected chi connectivity index (χ4v) is 7.77. The van der Waals surface area contributed by atoms with Crippen LogP contribution in [0.2, 0.25) is 0 Å². The zero-order valence-electron chi connectivity index (χ0n) is 30.7. The molecule has 0 saturated carbocycles. The second kappa shape index (κ2) is 16.7. The lowest BCUT2D eigenvalue weighted by Gasteiger charge is -2.34. The Morgan fingerprint density at radius 3 is 2.35 bits per heavy atom. The van der Waals surface area contributed by atoms with Crippen LogP contribution in [0.5, 0.6) is 17.2 Å². The highest BCUT2D eigenvalue weighted by atomic mass is 19.1. The van der Waals surface area contributed by atoms with Gasteiger partial charge in [0.25, 0.3) is 0 Å². The molecular formula is C40H50FN5O6. The van der Waals surface area contributed by atoms with Gasteiger partial charge in [-0.05, 0) is 99.5 Å². The molecule has 1 atom stereocenters. The van der Waals surface area contributed by atoms with Gasteiger partial charge < -0.3 is 34.1 Å². The predicted molar refractivity (Wildman–Crippen MR) is 197 cm³/mol. The Morgan fingerprint density at radius 2 is 1.67 bits per heavy atom. The first-order chi connectivity index (χ1) is 25.2. The average molecular weight is 716 g/mol. The summed E-state index contributed by atoms with van der Waals surface area (Å²) in [7, 11) is 4.74. The van der Waals surface area contributed by atoms with Gasteiger partial charge in [-0.3, -0.25) is 14.2 Å². The molecule has 0 bridgehead atoms. The van der Waals surface area contributed by atoms with Crippen LogP contribution in [0.1, 0.15) is 50.2 Å². The van der Waals surface area contributed by atoms with Crippen molar-refractivity contribution in [3.05, 3.63) is 77.6 Å². The number of hydrogen-bond acceptors (Lipinski definition) is 9. The number of para-hydroxylation sites is 2. The summed E-state index contributed by atoms with van der Waals surface area (Å²) in [6.07, 6.45) is 4.78. The van der Waals surface area contributed by atoms with Crippen molar-refractivity contribution in [2.75, 3.05) is 59.4 Å². The summed E-state index contributed by atoms with van der Waals surface area (Å²) in [6, 6.07) is 18.4. The molecule has 0 radical (unpaired) electrons. The third-order valence-corrected chi connectivity index (χ3v) is 10.5. The number of amides is 1. The van der Waals surface area contributed by atoms with Crippen LogP contribution in [0.25, 0.3) is 11.0 Å². The number of nitrogens with zero attached hydrogens (tertiary/aromatic N) is 4. The van der Waals surface area contributed by atoms with Gasteiger partial charge in [0, 0.05) is 32.2 Å². The van der Waals surface area contributed by atoms with Gasteiger partial charge in [-0.15, -0.1) is 0 Å². The van der Waals surface area contributed by atoms with Gasteiger partial charge in [-0.25, -0.2) is 9.37 Å². The number of imidazole rings is 1. The Hall–Kier alpha value is -4.84. The number of aromatic nitrogens is 2. The van der Waals surface area contributed by atoms with Crippen LogP contribution in [0.3, 0.4) is 0 Å². The molecule has 1 aromatic heterocycles. The molecule has 3 heterocycles. The first-order valence-electron chi connectivity index (χ1n) is 18.2. The van der Waals surface area contributed by atoms with E-state index in [1.807, 2.05) is 52.8 Å². The van der Waals surface area contributed by atoms with Crippen LogP contribution in [0.15, 0.2) is 60.7 Å². The maximum Gasteiger partial charge on any atom is 0.326 e. The largest absolute Gasteiger partial charge is 0.493 e. The Balaban J connectivity index is 1.09. The average Bonchev–Trinajstić information content (AvgIpc) is 3.64. The van der Waals surface area contributed by atoms with Crippen molar-refractivity contribution < 1.29 is 32.9 Å². The van der Waals surface area contributed by atoms with Crippen molar-refractivity contribution in [3.8, 4) is 17.2 Å². The summed E-state index contributed by atoms with van der Waals surface area (Å²) in [4.78, 5) is 35.9. The lowest BCUT2D eigenvalue weighted by molar-refractivity contribution is -0.143. The number of methoxy groups -OCH3 is 3. The lowest BCUT2D eigenvalue weighted by Crippen LogP contribution is -2.41. The van der Waals surface area contributed by atoms with E-state index in [9.17, 15) is 14.0 Å². The number of piperidine rings is 1. The number of nitrogens with one attached hydrogen (secondary N) is 1. The third-order valence-electron chi connectivity index (χ3n) is 10.5. The number of esters is 1. The normalized spacial score (nSPS) is 18.2. The molecule has 2 aliphatic heterocycles. The van der Waals surface area contributed by atoms with E-state index < -0.39 is 5.41 Å². The molecule has 1 unspecified atom stereocenters. The van der Waals surface area contributed by atoms with Gasteiger partial charge in [0.05, 0.1) is 44.4 Å². The molecule has 2 saturated heterocycles. The number of carbonyl (C=O) groups excluding carboxylic acids is 2. The zero-order valence-corrected chi connectivity index (χ0v) is 30.7. The molecule has 0 spiro atoms. The molecule has 0 aliphatic carbocycles. The first kappa shape index (κ1) is 36.9. The minimum absolute atomic E-state index is 0.105. The molecular weight excluding hydrogens is 665 g/mol. The molecule has 12 heteroatoms. The highest BCUT2D eigenvalue weighted by Gasteiger charge is 2.46. The van der Waals surface area contributed by atoms with E-state index in [1.165, 1.54) is 12.1 Å². The molecule has 3 aromatic carbocycles. The highest BCUT2D eigenvalue weighted by molar-refractivity contribution is 5.85. The van der Waals surface area contributed by atoms with Crippen LogP contribution in [-0.4, -0.2) is 91.4 Å². The van der Waals surface area contributed by atoms with Crippen LogP contribution < -0.4 is 19.5 Å². The van der Waals surface area contributed by atoms with Crippen LogP contribution in [-0.2, 0) is 33.8 Å². The Labute approximate surface area is 305 Å². The highest BCUT2D eigenvalue weighted by Crippen LogP contribution is 2.43. The fraction of sp³-hybridized carbons (Fsp3) is 0.475. The fourth-order valence-electron chi connectivity index (χ4n) is 7.77. The lowest BCUT2D eigenvalue weighted by atomic mass is 9.76. The van der Waals surface area contributed by atoms with E-state index in [1.54, 1.807) is 33.5 Å². The first-order valence-corrected chi connectivity index (χ1v) is 18.2. The van der Waals surface area contributed by atoms with E-state index in [4.69, 9.17) is 23.9 Å². The van der Waals surface area contributed by atoms with E-state index in [0.717, 1.165) is 73.9 Å². The van der Waals surface area contributed by atoms with E-state index in [-0.39, 0.29) is 30.3 Å². The maximum absolute atomic E-state index is 14.3. The number of anilines is 1. The number of hydrogen-bond donors (Lipinski definition) is 1. The second-order valence-electron chi connectivity index (χ2n) is 13.8. The quantitative estimate of drug-likeness (QED) is 0.138. The zero-order chi connectivity index (χ0) is 36.7. The Morgan fingerprint density at radius 1 is 0.962 bits per heavy atom. The molecule has 2 fully saturated rings. The van der Waals surface area contributed by atoms with Crippen LogP contribution in [0, 0.1) is 11.2 Å². The molecule has 1 N–H and O–H groups in total.